The van der Waals surface area contributed by atoms with Crippen molar-refractivity contribution in [1.29, 1.82) is 0 Å². The number of halogens is 1. The van der Waals surface area contributed by atoms with Gasteiger partial charge in [0.05, 0.1) is 10.6 Å². The molecule has 3 rings (SSSR count). The topological polar surface area (TPSA) is 55.3 Å². The first-order valence-corrected chi connectivity index (χ1v) is 7.08. The molecule has 1 saturated heterocycles. The lowest BCUT2D eigenvalue weighted by molar-refractivity contribution is 0.321. The molecule has 2 N–H and O–H groups in total. The fourth-order valence-electron chi connectivity index (χ4n) is 2.30. The zero-order valence-corrected chi connectivity index (χ0v) is 12.5. The lowest BCUT2D eigenvalue weighted by Gasteiger charge is -2.12. The van der Waals surface area contributed by atoms with Crippen LogP contribution < -0.4 is 5.73 Å². The summed E-state index contributed by atoms with van der Waals surface area (Å²) < 4.78 is 5.74. The minimum atomic E-state index is 0. The van der Waals surface area contributed by atoms with Crippen LogP contribution in [0.5, 0.6) is 0 Å². The van der Waals surface area contributed by atoms with Crippen molar-refractivity contribution in [3.8, 4) is 10.8 Å². The molecule has 19 heavy (non-hydrogen) atoms. The summed E-state index contributed by atoms with van der Waals surface area (Å²) in [6, 6.07) is 4.36. The van der Waals surface area contributed by atoms with Crippen LogP contribution in [0.1, 0.15) is 17.9 Å². The molecule has 2 aromatic heterocycles. The van der Waals surface area contributed by atoms with Crippen LogP contribution in [0.2, 0.25) is 0 Å². The summed E-state index contributed by atoms with van der Waals surface area (Å²) in [7, 11) is 0. The van der Waals surface area contributed by atoms with E-state index in [-0.39, 0.29) is 12.4 Å². The van der Waals surface area contributed by atoms with Crippen LogP contribution in [0.15, 0.2) is 21.9 Å². The zero-order valence-electron chi connectivity index (χ0n) is 10.8. The number of thiophene rings is 1. The van der Waals surface area contributed by atoms with Crippen molar-refractivity contribution in [3.05, 3.63) is 29.0 Å². The second-order valence-corrected chi connectivity index (χ2v) is 5.73. The summed E-state index contributed by atoms with van der Waals surface area (Å²) in [5.41, 5.74) is 6.95. The van der Waals surface area contributed by atoms with E-state index >= 15 is 0 Å². The normalized spacial score (nSPS) is 19.6. The van der Waals surface area contributed by atoms with E-state index in [0.717, 1.165) is 48.3 Å². The standard InChI is InChI=1S/C13H17N3OS.ClH/c1-9-11(8-16-5-4-10(14)7-16)15-13(17-9)12-3-2-6-18-12;/h2-3,6,10H,4-5,7-8,14H2,1H3;1H/t10-;/m0./s1. The Morgan fingerprint density at radius 1 is 1.58 bits per heavy atom. The van der Waals surface area contributed by atoms with Crippen molar-refractivity contribution in [2.75, 3.05) is 13.1 Å². The molecule has 1 aliphatic heterocycles. The van der Waals surface area contributed by atoms with Gasteiger partial charge in [-0.15, -0.1) is 23.7 Å². The highest BCUT2D eigenvalue weighted by atomic mass is 35.5. The summed E-state index contributed by atoms with van der Waals surface area (Å²) in [5.74, 6) is 1.65. The molecule has 0 bridgehead atoms. The average molecular weight is 300 g/mol. The summed E-state index contributed by atoms with van der Waals surface area (Å²) >= 11 is 1.65. The summed E-state index contributed by atoms with van der Waals surface area (Å²) in [5, 5.41) is 2.04. The molecule has 1 aliphatic rings. The number of rotatable bonds is 3. The van der Waals surface area contributed by atoms with Gasteiger partial charge in [0.1, 0.15) is 5.76 Å². The van der Waals surface area contributed by atoms with Gasteiger partial charge in [0.25, 0.3) is 0 Å². The second kappa shape index (κ2) is 6.05. The largest absolute Gasteiger partial charge is 0.440 e. The number of oxazole rings is 1. The van der Waals surface area contributed by atoms with Crippen molar-refractivity contribution in [1.82, 2.24) is 9.88 Å². The highest BCUT2D eigenvalue weighted by Gasteiger charge is 2.21. The van der Waals surface area contributed by atoms with Gasteiger partial charge in [0, 0.05) is 25.7 Å². The molecule has 0 radical (unpaired) electrons. The Morgan fingerprint density at radius 2 is 2.42 bits per heavy atom. The molecule has 1 fully saturated rings. The maximum absolute atomic E-state index is 5.92. The highest BCUT2D eigenvalue weighted by molar-refractivity contribution is 7.13. The number of aromatic nitrogens is 1. The predicted molar refractivity (Wildman–Crippen MR) is 79.7 cm³/mol. The molecule has 4 nitrogen and oxygen atoms in total. The van der Waals surface area contributed by atoms with E-state index in [4.69, 9.17) is 10.2 Å². The molecule has 0 amide bonds. The molecule has 0 aromatic carbocycles. The van der Waals surface area contributed by atoms with E-state index in [0.29, 0.717) is 6.04 Å². The monoisotopic (exact) mass is 299 g/mol. The fraction of sp³-hybridized carbons (Fsp3) is 0.462. The molecule has 0 spiro atoms. The molecule has 0 saturated carbocycles. The molecule has 3 heterocycles. The molecular weight excluding hydrogens is 282 g/mol. The van der Waals surface area contributed by atoms with E-state index in [2.05, 4.69) is 9.88 Å². The Hall–Kier alpha value is -0.880. The van der Waals surface area contributed by atoms with Crippen LogP contribution in [0, 0.1) is 6.92 Å². The van der Waals surface area contributed by atoms with Crippen molar-refractivity contribution in [3.63, 3.8) is 0 Å². The molecule has 6 heteroatoms. The Bertz CT molecular complexity index is 526. The van der Waals surface area contributed by atoms with Gasteiger partial charge in [-0.1, -0.05) is 6.07 Å². The minimum Gasteiger partial charge on any atom is -0.440 e. The van der Waals surface area contributed by atoms with Crippen LogP contribution in [-0.4, -0.2) is 29.0 Å². The van der Waals surface area contributed by atoms with Crippen molar-refractivity contribution in [2.45, 2.75) is 25.9 Å². The fourth-order valence-corrected chi connectivity index (χ4v) is 2.95. The van der Waals surface area contributed by atoms with Crippen LogP contribution in [-0.2, 0) is 6.54 Å². The second-order valence-electron chi connectivity index (χ2n) is 4.78. The molecule has 1 atom stereocenters. The van der Waals surface area contributed by atoms with E-state index < -0.39 is 0 Å². The Kier molecular flexibility index (Phi) is 4.62. The number of hydrogen-bond acceptors (Lipinski definition) is 5. The Morgan fingerprint density at radius 3 is 3.05 bits per heavy atom. The van der Waals surface area contributed by atoms with Gasteiger partial charge in [-0.25, -0.2) is 4.98 Å². The first kappa shape index (κ1) is 14.5. The lowest BCUT2D eigenvalue weighted by atomic mass is 10.3. The number of aryl methyl sites for hydroxylation is 1. The van der Waals surface area contributed by atoms with Crippen molar-refractivity contribution < 1.29 is 4.42 Å². The van der Waals surface area contributed by atoms with Gasteiger partial charge in [-0.2, -0.15) is 0 Å². The SMILES string of the molecule is Cc1oc(-c2cccs2)nc1CN1CC[C@H](N)C1.Cl. The van der Waals surface area contributed by atoms with Crippen molar-refractivity contribution >= 4 is 23.7 Å². The number of hydrogen-bond donors (Lipinski definition) is 1. The van der Waals surface area contributed by atoms with Gasteiger partial charge < -0.3 is 10.2 Å². The Balaban J connectivity index is 0.00000133. The maximum Gasteiger partial charge on any atom is 0.236 e. The van der Waals surface area contributed by atoms with Crippen LogP contribution in [0.25, 0.3) is 10.8 Å². The van der Waals surface area contributed by atoms with E-state index in [1.54, 1.807) is 11.3 Å². The predicted octanol–water partition coefficient (Wildman–Crippen LogP) is 2.67. The summed E-state index contributed by atoms with van der Waals surface area (Å²) in [6.45, 7) is 4.84. The summed E-state index contributed by atoms with van der Waals surface area (Å²) in [4.78, 5) is 8.03. The van der Waals surface area contributed by atoms with Gasteiger partial charge in [-0.3, -0.25) is 4.90 Å². The highest BCUT2D eigenvalue weighted by Crippen LogP contribution is 2.26. The van der Waals surface area contributed by atoms with Gasteiger partial charge in [0.15, 0.2) is 0 Å². The van der Waals surface area contributed by atoms with Crippen LogP contribution >= 0.6 is 23.7 Å². The molecule has 0 unspecified atom stereocenters. The van der Waals surface area contributed by atoms with Gasteiger partial charge in [-0.05, 0) is 24.8 Å². The lowest BCUT2D eigenvalue weighted by Crippen LogP contribution is -2.26. The van der Waals surface area contributed by atoms with Gasteiger partial charge in [0.2, 0.25) is 5.89 Å². The number of nitrogens with two attached hydrogens (primary N) is 1. The first-order chi connectivity index (χ1) is 8.72. The maximum atomic E-state index is 5.92. The summed E-state index contributed by atoms with van der Waals surface area (Å²) in [6.07, 6.45) is 1.08. The van der Waals surface area contributed by atoms with Crippen LogP contribution in [0.4, 0.5) is 0 Å². The number of nitrogens with zero attached hydrogens (tertiary/aromatic N) is 2. The van der Waals surface area contributed by atoms with Crippen LogP contribution in [0.3, 0.4) is 0 Å². The molecular formula is C13H18ClN3OS. The van der Waals surface area contributed by atoms with E-state index in [9.17, 15) is 0 Å². The molecule has 0 aliphatic carbocycles. The third-order valence-corrected chi connectivity index (χ3v) is 4.16. The first-order valence-electron chi connectivity index (χ1n) is 6.20. The zero-order chi connectivity index (χ0) is 12.5. The van der Waals surface area contributed by atoms with E-state index in [1.807, 2.05) is 24.4 Å². The minimum absolute atomic E-state index is 0. The van der Waals surface area contributed by atoms with Gasteiger partial charge >= 0.3 is 0 Å². The van der Waals surface area contributed by atoms with Crippen molar-refractivity contribution in [2.24, 2.45) is 5.73 Å². The smallest absolute Gasteiger partial charge is 0.236 e. The third kappa shape index (κ3) is 3.17. The molecule has 2 aromatic rings. The van der Waals surface area contributed by atoms with E-state index in [1.165, 1.54) is 0 Å². The number of likely N-dealkylation sites (tertiary alicyclic amines) is 1. The quantitative estimate of drug-likeness (QED) is 0.947. The third-order valence-electron chi connectivity index (χ3n) is 3.31. The Labute approximate surface area is 123 Å². The molecule has 104 valence electrons. The average Bonchev–Trinajstić information content (AvgIpc) is 3.02.